The Labute approximate surface area is 214 Å². The van der Waals surface area contributed by atoms with Crippen LogP contribution in [0.25, 0.3) is 0 Å². The van der Waals surface area contributed by atoms with Crippen LogP contribution in [0.1, 0.15) is 49.9 Å². The standard InChI is InChI=1S/C24H37N5OS.HI/c1-18-28-21(17-31-18)16-29-12-10-19(11-13-29)14-26-23(25-5)27-15-20-8-6-7-9-22(20)30-24(2,3)4;/h6-9,17,19H,10-16H2,1-5H3,(H2,25,26,27);1H. The zero-order chi connectivity index (χ0) is 22.3. The van der Waals surface area contributed by atoms with Crippen molar-refractivity contribution in [3.63, 3.8) is 0 Å². The van der Waals surface area contributed by atoms with Crippen LogP contribution in [0.15, 0.2) is 34.6 Å². The van der Waals surface area contributed by atoms with Gasteiger partial charge in [0.1, 0.15) is 11.4 Å². The van der Waals surface area contributed by atoms with Gasteiger partial charge in [-0.2, -0.15) is 0 Å². The maximum atomic E-state index is 6.10. The second-order valence-electron chi connectivity index (χ2n) is 9.21. The summed E-state index contributed by atoms with van der Waals surface area (Å²) in [7, 11) is 1.82. The quantitative estimate of drug-likeness (QED) is 0.284. The number of benzene rings is 1. The van der Waals surface area contributed by atoms with E-state index in [0.29, 0.717) is 12.5 Å². The van der Waals surface area contributed by atoms with Crippen molar-refractivity contribution in [3.05, 3.63) is 45.9 Å². The first kappa shape index (κ1) is 26.9. The van der Waals surface area contributed by atoms with E-state index in [1.54, 1.807) is 11.3 Å². The lowest BCUT2D eigenvalue weighted by Gasteiger charge is -2.31. The molecule has 2 aromatic rings. The van der Waals surface area contributed by atoms with Crippen LogP contribution in [-0.2, 0) is 13.1 Å². The summed E-state index contributed by atoms with van der Waals surface area (Å²) in [4.78, 5) is 11.5. The normalized spacial score (nSPS) is 15.8. The lowest BCUT2D eigenvalue weighted by Crippen LogP contribution is -2.42. The van der Waals surface area contributed by atoms with E-state index in [1.165, 1.54) is 18.5 Å². The zero-order valence-electron chi connectivity index (χ0n) is 20.0. The van der Waals surface area contributed by atoms with Gasteiger partial charge in [-0.25, -0.2) is 4.98 Å². The molecule has 2 heterocycles. The van der Waals surface area contributed by atoms with E-state index in [2.05, 4.69) is 64.7 Å². The van der Waals surface area contributed by atoms with Crippen molar-refractivity contribution in [2.24, 2.45) is 10.9 Å². The second kappa shape index (κ2) is 12.7. The van der Waals surface area contributed by atoms with Gasteiger partial charge >= 0.3 is 0 Å². The SMILES string of the molecule is CN=C(NCc1ccccc1OC(C)(C)C)NCC1CCN(Cc2csc(C)n2)CC1.I. The van der Waals surface area contributed by atoms with Crippen LogP contribution in [0.4, 0.5) is 0 Å². The number of thiazole rings is 1. The van der Waals surface area contributed by atoms with Gasteiger partial charge in [0.05, 0.1) is 10.7 Å². The summed E-state index contributed by atoms with van der Waals surface area (Å²) in [6, 6.07) is 8.18. The van der Waals surface area contributed by atoms with Gasteiger partial charge in [0.15, 0.2) is 5.96 Å². The number of ether oxygens (including phenoxy) is 1. The highest BCUT2D eigenvalue weighted by Gasteiger charge is 2.20. The minimum atomic E-state index is -0.219. The van der Waals surface area contributed by atoms with E-state index >= 15 is 0 Å². The lowest BCUT2D eigenvalue weighted by atomic mass is 9.97. The monoisotopic (exact) mass is 571 g/mol. The number of guanidine groups is 1. The Morgan fingerprint density at radius 2 is 1.94 bits per heavy atom. The molecule has 1 aliphatic heterocycles. The first-order valence-corrected chi connectivity index (χ1v) is 12.0. The third-order valence-electron chi connectivity index (χ3n) is 5.38. The summed E-state index contributed by atoms with van der Waals surface area (Å²) in [5.74, 6) is 2.43. The molecule has 3 rings (SSSR count). The van der Waals surface area contributed by atoms with Crippen LogP contribution in [0.3, 0.4) is 0 Å². The molecule has 0 unspecified atom stereocenters. The van der Waals surface area contributed by atoms with Crippen molar-refractivity contribution in [3.8, 4) is 5.75 Å². The first-order valence-electron chi connectivity index (χ1n) is 11.2. The van der Waals surface area contributed by atoms with Crippen molar-refractivity contribution >= 4 is 41.3 Å². The van der Waals surface area contributed by atoms with E-state index in [9.17, 15) is 0 Å². The summed E-state index contributed by atoms with van der Waals surface area (Å²) in [6.45, 7) is 13.1. The number of rotatable bonds is 7. The van der Waals surface area contributed by atoms with Gasteiger partial charge in [-0.1, -0.05) is 18.2 Å². The molecule has 0 saturated carbocycles. The summed E-state index contributed by atoms with van der Waals surface area (Å²) >= 11 is 1.74. The molecule has 0 radical (unpaired) electrons. The van der Waals surface area contributed by atoms with Crippen LogP contribution in [0.2, 0.25) is 0 Å². The van der Waals surface area contributed by atoms with E-state index < -0.39 is 0 Å². The number of likely N-dealkylation sites (tertiary alicyclic amines) is 1. The molecule has 2 N–H and O–H groups in total. The summed E-state index contributed by atoms with van der Waals surface area (Å²) in [5.41, 5.74) is 2.12. The highest BCUT2D eigenvalue weighted by Crippen LogP contribution is 2.23. The third kappa shape index (κ3) is 8.86. The summed E-state index contributed by atoms with van der Waals surface area (Å²) < 4.78 is 6.10. The first-order chi connectivity index (χ1) is 14.8. The molecular formula is C24H38IN5OS. The van der Waals surface area contributed by atoms with Crippen molar-refractivity contribution in [1.29, 1.82) is 0 Å². The van der Waals surface area contributed by atoms with Gasteiger partial charge in [-0.3, -0.25) is 9.89 Å². The van der Waals surface area contributed by atoms with Gasteiger partial charge in [-0.05, 0) is 65.6 Å². The third-order valence-corrected chi connectivity index (χ3v) is 6.20. The van der Waals surface area contributed by atoms with Gasteiger partial charge in [-0.15, -0.1) is 35.3 Å². The Kier molecular flexibility index (Phi) is 10.7. The van der Waals surface area contributed by atoms with E-state index in [-0.39, 0.29) is 29.6 Å². The van der Waals surface area contributed by atoms with E-state index in [1.807, 2.05) is 25.2 Å². The smallest absolute Gasteiger partial charge is 0.191 e. The van der Waals surface area contributed by atoms with Gasteiger partial charge < -0.3 is 15.4 Å². The van der Waals surface area contributed by atoms with Gasteiger partial charge in [0.2, 0.25) is 0 Å². The molecule has 0 atom stereocenters. The van der Waals surface area contributed by atoms with Crippen molar-refractivity contribution in [2.45, 2.75) is 59.2 Å². The average molecular weight is 572 g/mol. The topological polar surface area (TPSA) is 61.8 Å². The molecule has 0 spiro atoms. The second-order valence-corrected chi connectivity index (χ2v) is 10.3. The van der Waals surface area contributed by atoms with Crippen molar-refractivity contribution < 1.29 is 4.74 Å². The van der Waals surface area contributed by atoms with Crippen LogP contribution < -0.4 is 15.4 Å². The molecular weight excluding hydrogens is 533 g/mol. The number of hydrogen-bond acceptors (Lipinski definition) is 5. The molecule has 178 valence electrons. The highest BCUT2D eigenvalue weighted by molar-refractivity contribution is 14.0. The van der Waals surface area contributed by atoms with Crippen molar-refractivity contribution in [2.75, 3.05) is 26.7 Å². The number of piperidine rings is 1. The molecule has 1 fully saturated rings. The number of para-hydroxylation sites is 1. The minimum absolute atomic E-state index is 0. The molecule has 0 bridgehead atoms. The Bertz CT molecular complexity index is 856. The Morgan fingerprint density at radius 1 is 1.22 bits per heavy atom. The number of aromatic nitrogens is 1. The fraction of sp³-hybridized carbons (Fsp3) is 0.583. The molecule has 0 amide bonds. The number of nitrogens with zero attached hydrogens (tertiary/aromatic N) is 3. The zero-order valence-corrected chi connectivity index (χ0v) is 23.1. The van der Waals surface area contributed by atoms with E-state index in [0.717, 1.165) is 48.5 Å². The predicted molar refractivity (Wildman–Crippen MR) is 145 cm³/mol. The Balaban J connectivity index is 0.00000363. The number of aliphatic imine (C=N–C) groups is 1. The molecule has 6 nitrogen and oxygen atoms in total. The maximum absolute atomic E-state index is 6.10. The molecule has 0 aliphatic carbocycles. The maximum Gasteiger partial charge on any atom is 0.191 e. The fourth-order valence-corrected chi connectivity index (χ4v) is 4.38. The summed E-state index contributed by atoms with van der Waals surface area (Å²) in [5, 5.41) is 10.3. The molecule has 1 aromatic carbocycles. The van der Waals surface area contributed by atoms with Crippen LogP contribution in [0, 0.1) is 12.8 Å². The van der Waals surface area contributed by atoms with Crippen LogP contribution in [-0.4, -0.2) is 48.1 Å². The lowest BCUT2D eigenvalue weighted by molar-refractivity contribution is 0.129. The predicted octanol–water partition coefficient (Wildman–Crippen LogP) is 4.82. The molecule has 32 heavy (non-hydrogen) atoms. The number of halogens is 1. The highest BCUT2D eigenvalue weighted by atomic mass is 127. The average Bonchev–Trinajstić information content (AvgIpc) is 3.14. The van der Waals surface area contributed by atoms with Crippen molar-refractivity contribution in [1.82, 2.24) is 20.5 Å². The molecule has 8 heteroatoms. The van der Waals surface area contributed by atoms with Gasteiger partial charge in [0.25, 0.3) is 0 Å². The van der Waals surface area contributed by atoms with Crippen LogP contribution in [0.5, 0.6) is 5.75 Å². The minimum Gasteiger partial charge on any atom is -0.488 e. The summed E-state index contributed by atoms with van der Waals surface area (Å²) in [6.07, 6.45) is 2.41. The van der Waals surface area contributed by atoms with Crippen LogP contribution >= 0.6 is 35.3 Å². The van der Waals surface area contributed by atoms with E-state index in [4.69, 9.17) is 4.74 Å². The van der Waals surface area contributed by atoms with Gasteiger partial charge in [0, 0.05) is 37.6 Å². The number of nitrogens with one attached hydrogen (secondary N) is 2. The Morgan fingerprint density at radius 3 is 2.56 bits per heavy atom. The fourth-order valence-electron chi connectivity index (χ4n) is 3.78. The largest absolute Gasteiger partial charge is 0.488 e. The molecule has 1 aliphatic rings. The number of hydrogen-bond donors (Lipinski definition) is 2. The number of aryl methyl sites for hydroxylation is 1. The Hall–Kier alpha value is -1.39. The molecule has 1 saturated heterocycles. The molecule has 1 aromatic heterocycles.